The fourth-order valence-corrected chi connectivity index (χ4v) is 1.66. The predicted octanol–water partition coefficient (Wildman–Crippen LogP) is 2.76. The third-order valence-corrected chi connectivity index (χ3v) is 2.49. The average Bonchev–Trinajstić information content (AvgIpc) is 2.27. The highest BCUT2D eigenvalue weighted by Gasteiger charge is 1.98. The van der Waals surface area contributed by atoms with Crippen molar-refractivity contribution in [3.05, 3.63) is 35.4 Å². The van der Waals surface area contributed by atoms with E-state index in [9.17, 15) is 4.79 Å². The first-order valence-corrected chi connectivity index (χ1v) is 5.27. The lowest BCUT2D eigenvalue weighted by atomic mass is 10.1. The molecule has 0 saturated heterocycles. The number of hydrogen-bond donors (Lipinski definition) is 0. The first-order valence-electron chi connectivity index (χ1n) is 4.46. The van der Waals surface area contributed by atoms with Crippen LogP contribution in [0.4, 0.5) is 0 Å². The minimum absolute atomic E-state index is 0.0260. The van der Waals surface area contributed by atoms with E-state index in [4.69, 9.17) is 10.5 Å². The maximum Gasteiger partial charge on any atom is 0.190 e. The Morgan fingerprint density at radius 3 is 2.25 bits per heavy atom. The molecule has 78 valence electrons. The van der Waals surface area contributed by atoms with Crippen LogP contribution in [0.5, 0.6) is 0 Å². The van der Waals surface area contributed by atoms with Crippen LogP contribution in [0.1, 0.15) is 12.5 Å². The Hall–Kier alpha value is -2.04. The molecular weight excluding hydrogens is 220 g/mol. The lowest BCUT2D eigenvalue weighted by Gasteiger charge is -1.97. The van der Waals surface area contributed by atoms with Crippen molar-refractivity contribution in [2.45, 2.75) is 11.8 Å². The van der Waals surface area contributed by atoms with Gasteiger partial charge in [-0.15, -0.1) is 0 Å². The molecule has 0 aliphatic carbocycles. The van der Waals surface area contributed by atoms with Crippen molar-refractivity contribution in [3.63, 3.8) is 0 Å². The van der Waals surface area contributed by atoms with Gasteiger partial charge in [0.2, 0.25) is 0 Å². The molecule has 0 N–H and O–H groups in total. The fourth-order valence-electron chi connectivity index (χ4n) is 1.05. The zero-order chi connectivity index (χ0) is 12.0. The molecule has 0 bridgehead atoms. The summed E-state index contributed by atoms with van der Waals surface area (Å²) in [6, 6.07) is 10.7. The molecule has 0 unspecified atom stereocenters. The second-order valence-electron chi connectivity index (χ2n) is 2.94. The molecular formula is C12H8N2OS. The van der Waals surface area contributed by atoms with E-state index in [0.29, 0.717) is 0 Å². The first-order chi connectivity index (χ1) is 7.65. The Kier molecular flexibility index (Phi) is 4.32. The van der Waals surface area contributed by atoms with Crippen molar-refractivity contribution in [3.8, 4) is 12.1 Å². The van der Waals surface area contributed by atoms with Gasteiger partial charge in [-0.1, -0.05) is 23.9 Å². The molecule has 0 spiro atoms. The van der Waals surface area contributed by atoms with Crippen LogP contribution in [0.25, 0.3) is 6.08 Å². The normalized spacial score (nSPS) is 8.69. The van der Waals surface area contributed by atoms with Gasteiger partial charge in [-0.2, -0.15) is 10.5 Å². The minimum atomic E-state index is 0.0260. The molecule has 4 heteroatoms. The Morgan fingerprint density at radius 1 is 1.25 bits per heavy atom. The van der Waals surface area contributed by atoms with Gasteiger partial charge in [-0.3, -0.25) is 4.79 Å². The van der Waals surface area contributed by atoms with Crippen LogP contribution in [0.3, 0.4) is 0 Å². The Balaban J connectivity index is 2.89. The number of carbonyl (C=O) groups excluding carboxylic acids is 1. The highest BCUT2D eigenvalue weighted by atomic mass is 32.2. The number of nitrogens with zero attached hydrogens (tertiary/aromatic N) is 2. The average molecular weight is 228 g/mol. The van der Waals surface area contributed by atoms with Gasteiger partial charge in [0.05, 0.1) is 0 Å². The molecule has 1 aromatic carbocycles. The van der Waals surface area contributed by atoms with E-state index in [1.165, 1.54) is 13.0 Å². The molecule has 0 atom stereocenters. The molecule has 0 aromatic heterocycles. The second-order valence-corrected chi connectivity index (χ2v) is 4.19. The second kappa shape index (κ2) is 5.75. The molecule has 1 aromatic rings. The zero-order valence-electron chi connectivity index (χ0n) is 8.60. The first kappa shape index (κ1) is 12.0. The van der Waals surface area contributed by atoms with E-state index in [-0.39, 0.29) is 10.7 Å². The smallest absolute Gasteiger partial charge is 0.190 e. The molecule has 16 heavy (non-hydrogen) atoms. The van der Waals surface area contributed by atoms with Crippen molar-refractivity contribution in [1.29, 1.82) is 10.5 Å². The van der Waals surface area contributed by atoms with Gasteiger partial charge in [-0.25, -0.2) is 0 Å². The minimum Gasteiger partial charge on any atom is -0.287 e. The van der Waals surface area contributed by atoms with Crippen LogP contribution in [0, 0.1) is 22.7 Å². The van der Waals surface area contributed by atoms with Gasteiger partial charge in [0.1, 0.15) is 17.7 Å². The summed E-state index contributed by atoms with van der Waals surface area (Å²) < 4.78 is 0. The summed E-state index contributed by atoms with van der Waals surface area (Å²) in [6.07, 6.45) is 1.50. The van der Waals surface area contributed by atoms with Crippen LogP contribution < -0.4 is 0 Å². The van der Waals surface area contributed by atoms with E-state index >= 15 is 0 Å². The SMILES string of the molecule is CC(=O)Sc1ccc(C=C(C#N)C#N)cc1. The lowest BCUT2D eigenvalue weighted by Crippen LogP contribution is -1.81. The van der Waals surface area contributed by atoms with Crippen molar-refractivity contribution < 1.29 is 4.79 Å². The molecule has 1 rings (SSSR count). The summed E-state index contributed by atoms with van der Waals surface area (Å²) in [6.45, 7) is 1.50. The molecule has 0 aliphatic heterocycles. The molecule has 3 nitrogen and oxygen atoms in total. The Morgan fingerprint density at radius 2 is 1.81 bits per heavy atom. The van der Waals surface area contributed by atoms with Gasteiger partial charge in [0.15, 0.2) is 5.12 Å². The number of thioether (sulfide) groups is 1. The number of hydrogen-bond acceptors (Lipinski definition) is 4. The molecule has 0 amide bonds. The van der Waals surface area contributed by atoms with E-state index in [2.05, 4.69) is 0 Å². The summed E-state index contributed by atoms with van der Waals surface area (Å²) in [5.74, 6) is 0. The van der Waals surface area contributed by atoms with E-state index in [1.807, 2.05) is 0 Å². The molecule has 0 heterocycles. The maximum atomic E-state index is 10.8. The monoisotopic (exact) mass is 228 g/mol. The van der Waals surface area contributed by atoms with E-state index < -0.39 is 0 Å². The van der Waals surface area contributed by atoms with Gasteiger partial charge < -0.3 is 0 Å². The number of nitriles is 2. The highest BCUT2D eigenvalue weighted by Crippen LogP contribution is 2.19. The third kappa shape index (κ3) is 3.61. The summed E-state index contributed by atoms with van der Waals surface area (Å²) in [5, 5.41) is 17.2. The summed E-state index contributed by atoms with van der Waals surface area (Å²) >= 11 is 1.15. The zero-order valence-corrected chi connectivity index (χ0v) is 9.41. The van der Waals surface area contributed by atoms with Crippen LogP contribution in [0.2, 0.25) is 0 Å². The topological polar surface area (TPSA) is 64.7 Å². The Bertz CT molecular complexity index is 487. The van der Waals surface area contributed by atoms with Gasteiger partial charge in [0, 0.05) is 11.8 Å². The number of allylic oxidation sites excluding steroid dienone is 1. The predicted molar refractivity (Wildman–Crippen MR) is 62.2 cm³/mol. The highest BCUT2D eigenvalue weighted by molar-refractivity contribution is 8.13. The van der Waals surface area contributed by atoms with Crippen LogP contribution >= 0.6 is 11.8 Å². The number of carbonyl (C=O) groups is 1. The molecule has 0 fully saturated rings. The van der Waals surface area contributed by atoms with E-state index in [1.54, 1.807) is 36.4 Å². The summed E-state index contributed by atoms with van der Waals surface area (Å²) in [7, 11) is 0. The molecule has 0 radical (unpaired) electrons. The third-order valence-electron chi connectivity index (χ3n) is 1.69. The van der Waals surface area contributed by atoms with Crippen LogP contribution in [-0.4, -0.2) is 5.12 Å². The number of rotatable bonds is 2. The summed E-state index contributed by atoms with van der Waals surface area (Å²) in [5.41, 5.74) is 0.831. The van der Waals surface area contributed by atoms with Gasteiger partial charge in [0.25, 0.3) is 0 Å². The van der Waals surface area contributed by atoms with Crippen molar-refractivity contribution >= 4 is 23.0 Å². The van der Waals surface area contributed by atoms with Gasteiger partial charge in [-0.05, 0) is 23.8 Å². The van der Waals surface area contributed by atoms with Crippen LogP contribution in [-0.2, 0) is 4.79 Å². The standard InChI is InChI=1S/C12H8N2OS/c1-9(15)16-12-4-2-10(3-5-12)6-11(7-13)8-14/h2-6H,1H3. The van der Waals surface area contributed by atoms with Crippen LogP contribution in [0.15, 0.2) is 34.7 Å². The summed E-state index contributed by atoms with van der Waals surface area (Å²) in [4.78, 5) is 11.7. The molecule has 0 saturated carbocycles. The number of benzene rings is 1. The van der Waals surface area contributed by atoms with Crippen molar-refractivity contribution in [2.75, 3.05) is 0 Å². The lowest BCUT2D eigenvalue weighted by molar-refractivity contribution is -0.109. The largest absolute Gasteiger partial charge is 0.287 e. The van der Waals surface area contributed by atoms with Crippen molar-refractivity contribution in [1.82, 2.24) is 0 Å². The van der Waals surface area contributed by atoms with E-state index in [0.717, 1.165) is 22.2 Å². The Labute approximate surface area is 98.0 Å². The maximum absolute atomic E-state index is 10.8. The fraction of sp³-hybridized carbons (Fsp3) is 0.0833. The van der Waals surface area contributed by atoms with Crippen molar-refractivity contribution in [2.24, 2.45) is 0 Å². The van der Waals surface area contributed by atoms with Gasteiger partial charge >= 0.3 is 0 Å². The quantitative estimate of drug-likeness (QED) is 0.576. The molecule has 0 aliphatic rings.